The van der Waals surface area contributed by atoms with Gasteiger partial charge in [0, 0.05) is 60.6 Å². The number of amides is 2. The molecule has 0 atom stereocenters. The molecule has 2 N–H and O–H groups in total. The van der Waals surface area contributed by atoms with Gasteiger partial charge < -0.3 is 30.1 Å². The van der Waals surface area contributed by atoms with Gasteiger partial charge in [0.25, 0.3) is 5.91 Å². The van der Waals surface area contributed by atoms with Crippen LogP contribution in [0, 0.1) is 11.8 Å². The van der Waals surface area contributed by atoms with Gasteiger partial charge in [0.15, 0.2) is 5.71 Å². The highest BCUT2D eigenvalue weighted by Gasteiger charge is 2.41. The summed E-state index contributed by atoms with van der Waals surface area (Å²) < 4.78 is 34.0. The Bertz CT molecular complexity index is 2690. The number of benzene rings is 4. The highest BCUT2D eigenvalue weighted by Crippen LogP contribution is 2.43. The number of aliphatic carboxylic acids is 1. The van der Waals surface area contributed by atoms with Crippen molar-refractivity contribution in [1.29, 1.82) is 0 Å². The molecule has 13 heteroatoms. The van der Waals surface area contributed by atoms with Gasteiger partial charge in [-0.2, -0.15) is 13.2 Å². The summed E-state index contributed by atoms with van der Waals surface area (Å²) in [7, 11) is -2.15. The van der Waals surface area contributed by atoms with Crippen molar-refractivity contribution in [2.75, 3.05) is 42.5 Å². The van der Waals surface area contributed by atoms with Gasteiger partial charge in [-0.1, -0.05) is 67.4 Å². The number of alkyl halides is 3. The molecule has 0 aromatic heterocycles. The van der Waals surface area contributed by atoms with Crippen molar-refractivity contribution in [3.05, 3.63) is 153 Å². The van der Waals surface area contributed by atoms with Crippen LogP contribution in [-0.2, 0) is 22.7 Å². The molecule has 0 radical (unpaired) electrons. The summed E-state index contributed by atoms with van der Waals surface area (Å²) in [5.74, 6) is 3.17. The Kier molecular flexibility index (Phi) is 11.6. The zero-order valence-electron chi connectivity index (χ0n) is 34.4. The van der Waals surface area contributed by atoms with Crippen molar-refractivity contribution in [2.24, 2.45) is 0 Å². The lowest BCUT2D eigenvalue weighted by molar-refractivity contribution is -0.582. The van der Waals surface area contributed by atoms with E-state index in [9.17, 15) is 27.9 Å². The summed E-state index contributed by atoms with van der Waals surface area (Å²) in [5.41, 5.74) is 11.6. The van der Waals surface area contributed by atoms with Crippen molar-refractivity contribution < 1.29 is 42.3 Å². The third-order valence-corrected chi connectivity index (χ3v) is 15.7. The number of nitrogens with one attached hydrogen (secondary N) is 1. The maximum atomic E-state index is 13.9. The summed E-state index contributed by atoms with van der Waals surface area (Å²) in [5, 5.41) is 25.3. The van der Waals surface area contributed by atoms with Gasteiger partial charge in [-0.05, 0) is 98.7 Å². The Labute approximate surface area is 359 Å². The number of nitrogens with zero attached hydrogens (tertiary/aromatic N) is 3. The first-order chi connectivity index (χ1) is 29.7. The smallest absolute Gasteiger partial charge is 0.430 e. The van der Waals surface area contributed by atoms with Crippen LogP contribution in [0.15, 0.2) is 114 Å². The third-order valence-electron chi connectivity index (χ3n) is 12.2. The molecular formula is C49H45F3N4O5Si. The molecule has 62 heavy (non-hydrogen) atoms. The summed E-state index contributed by atoms with van der Waals surface area (Å²) in [4.78, 5) is 40.8. The van der Waals surface area contributed by atoms with E-state index >= 15 is 0 Å². The lowest BCUT2D eigenvalue weighted by Crippen LogP contribution is -2.50. The molecule has 4 aliphatic heterocycles. The zero-order valence-corrected chi connectivity index (χ0v) is 35.4. The Morgan fingerprint density at radius 3 is 2.27 bits per heavy atom. The molecule has 316 valence electrons. The van der Waals surface area contributed by atoms with Gasteiger partial charge in [0.1, 0.15) is 27.1 Å². The highest BCUT2D eigenvalue weighted by molar-refractivity contribution is 6.98. The minimum absolute atomic E-state index is 0.0875. The van der Waals surface area contributed by atoms with Crippen LogP contribution in [0.25, 0.3) is 5.57 Å². The Balaban J connectivity index is 0.000000698. The van der Waals surface area contributed by atoms with Gasteiger partial charge in [-0.15, -0.1) is 0 Å². The van der Waals surface area contributed by atoms with Crippen molar-refractivity contribution in [1.82, 2.24) is 5.32 Å². The van der Waals surface area contributed by atoms with Gasteiger partial charge in [0.05, 0.1) is 25.3 Å². The van der Waals surface area contributed by atoms with Crippen molar-refractivity contribution >= 4 is 53.7 Å². The molecule has 0 saturated carbocycles. The van der Waals surface area contributed by atoms with Crippen LogP contribution in [0.1, 0.15) is 63.0 Å². The van der Waals surface area contributed by atoms with E-state index in [4.69, 9.17) is 9.90 Å². The molecule has 2 amide bonds. The molecule has 9 nitrogen and oxygen atoms in total. The van der Waals surface area contributed by atoms with E-state index in [0.29, 0.717) is 12.1 Å². The molecular weight excluding hydrogens is 810 g/mol. The Hall–Kier alpha value is -6.49. The number of carbonyl (C=O) groups excluding carboxylic acids is 3. The van der Waals surface area contributed by atoms with E-state index in [2.05, 4.69) is 76.2 Å². The number of para-hydroxylation sites is 1. The fraction of sp³-hybridized carbons (Fsp3) is 0.265. The SMILES string of the molecule is C[Si]1(C)C2=CC(=[N+]3CCC3)C=CC2=C(c2cc(C(=O)NCCC(=O)N3Cc4ccccc4C#Cc4ccccc43)ccc2CO)c2ccc(N3CCC3)cc21.O=C([O-])C(F)(F)F. The second-order valence-corrected chi connectivity index (χ2v) is 20.7. The predicted molar refractivity (Wildman–Crippen MR) is 234 cm³/mol. The molecule has 0 bridgehead atoms. The van der Waals surface area contributed by atoms with Gasteiger partial charge >= 0.3 is 6.18 Å². The molecule has 4 aromatic carbocycles. The van der Waals surface area contributed by atoms with Crippen LogP contribution in [-0.4, -0.2) is 80.2 Å². The molecule has 2 fully saturated rings. The standard InChI is InChI=1S/C47H44N4O3Si.C2HF3O2/c1-55(2)43-28-37(49-23-7-24-49)17-19-39(43)46(40-20-18-38(29-44(40)55)50-25-8-26-50)41-27-34(15-16-36(41)31-52)47(54)48-22-21-45(53)51-30-35-11-4-3-9-32(35)13-14-33-10-5-6-12-42(33)51;3-2(4,5)1(6)7/h3-6,9-12,15-20,27-29,52H,7-8,21-26,30-31H2,1-2H3;(H,6,7). The first kappa shape index (κ1) is 42.2. The monoisotopic (exact) mass is 854 g/mol. The average Bonchev–Trinajstić information content (AvgIpc) is 3.20. The maximum absolute atomic E-state index is 13.9. The largest absolute Gasteiger partial charge is 0.542 e. The van der Waals surface area contributed by atoms with Crippen LogP contribution >= 0.6 is 0 Å². The number of rotatable bonds is 7. The van der Waals surface area contributed by atoms with E-state index in [-0.39, 0.29) is 31.4 Å². The molecule has 1 aliphatic carbocycles. The first-order valence-corrected chi connectivity index (χ1v) is 23.7. The minimum Gasteiger partial charge on any atom is -0.542 e. The number of carbonyl (C=O) groups is 3. The fourth-order valence-corrected chi connectivity index (χ4v) is 11.5. The second kappa shape index (κ2) is 17.1. The quantitative estimate of drug-likeness (QED) is 0.147. The van der Waals surface area contributed by atoms with Gasteiger partial charge in [-0.25, -0.2) is 4.58 Å². The topological polar surface area (TPSA) is 116 Å². The molecule has 9 rings (SSSR count). The summed E-state index contributed by atoms with van der Waals surface area (Å²) >= 11 is 0. The van der Waals surface area contributed by atoms with Crippen LogP contribution < -0.4 is 25.4 Å². The van der Waals surface area contributed by atoms with Crippen molar-refractivity contribution in [3.8, 4) is 11.8 Å². The molecule has 2 saturated heterocycles. The van der Waals surface area contributed by atoms with Crippen molar-refractivity contribution in [3.63, 3.8) is 0 Å². The lowest BCUT2D eigenvalue weighted by Gasteiger charge is -2.40. The zero-order chi connectivity index (χ0) is 43.8. The number of halogens is 3. The molecule has 4 aromatic rings. The number of aliphatic hydroxyl groups is 1. The Morgan fingerprint density at radius 2 is 1.60 bits per heavy atom. The van der Waals surface area contributed by atoms with E-state index in [1.54, 1.807) is 11.0 Å². The Morgan fingerprint density at radius 1 is 0.887 bits per heavy atom. The van der Waals surface area contributed by atoms with Crippen molar-refractivity contribution in [2.45, 2.75) is 51.7 Å². The van der Waals surface area contributed by atoms with Crippen LogP contribution in [0.5, 0.6) is 0 Å². The van der Waals surface area contributed by atoms with E-state index < -0.39 is 20.2 Å². The predicted octanol–water partition coefficient (Wildman–Crippen LogP) is 5.38. The van der Waals surface area contributed by atoms with E-state index in [1.807, 2.05) is 60.7 Å². The van der Waals surface area contributed by atoms with Crippen LogP contribution in [0.4, 0.5) is 24.5 Å². The summed E-state index contributed by atoms with van der Waals surface area (Å²) in [6, 6.07) is 28.1. The van der Waals surface area contributed by atoms with Crippen LogP contribution in [0.3, 0.4) is 0 Å². The molecule has 4 heterocycles. The molecule has 5 aliphatic rings. The fourth-order valence-electron chi connectivity index (χ4n) is 8.47. The maximum Gasteiger partial charge on any atom is 0.430 e. The average molecular weight is 855 g/mol. The number of carboxylic acids is 1. The van der Waals surface area contributed by atoms with Gasteiger partial charge in [-0.3, -0.25) is 9.59 Å². The lowest BCUT2D eigenvalue weighted by atomic mass is 9.86. The second-order valence-electron chi connectivity index (χ2n) is 16.4. The van der Waals surface area contributed by atoms with Crippen LogP contribution in [0.2, 0.25) is 13.1 Å². The third kappa shape index (κ3) is 8.28. The number of hydrogen-bond acceptors (Lipinski definition) is 6. The number of carboxylic acid groups (broad SMARTS) is 1. The number of fused-ring (bicyclic) bond motifs is 4. The number of allylic oxidation sites excluding steroid dienone is 5. The number of aliphatic hydroxyl groups excluding tert-OH is 1. The minimum atomic E-state index is -5.19. The van der Waals surface area contributed by atoms with E-state index in [1.165, 1.54) is 45.8 Å². The van der Waals surface area contributed by atoms with Gasteiger partial charge in [0.2, 0.25) is 5.91 Å². The first-order valence-electron chi connectivity index (χ1n) is 20.7. The summed E-state index contributed by atoms with van der Waals surface area (Å²) in [6.07, 6.45) is 4.30. The number of anilines is 2. The normalized spacial score (nSPS) is 16.8. The molecule has 0 unspecified atom stereocenters. The van der Waals surface area contributed by atoms with E-state index in [0.717, 1.165) is 65.3 Å². The highest BCUT2D eigenvalue weighted by atomic mass is 28.3. The number of hydrogen-bond donors (Lipinski definition) is 2. The summed E-state index contributed by atoms with van der Waals surface area (Å²) in [6.45, 7) is 9.67. The molecule has 0 spiro atoms.